The normalized spacial score (nSPS) is 26.4. The van der Waals surface area contributed by atoms with Gasteiger partial charge in [0.2, 0.25) is 0 Å². The lowest BCUT2D eigenvalue weighted by Gasteiger charge is -2.36. The Bertz CT molecular complexity index is 201. The Morgan fingerprint density at radius 3 is 2.69 bits per heavy atom. The van der Waals surface area contributed by atoms with Crippen molar-refractivity contribution in [2.75, 3.05) is 33.4 Å². The first-order chi connectivity index (χ1) is 7.45. The summed E-state index contributed by atoms with van der Waals surface area (Å²) >= 11 is 0. The summed E-state index contributed by atoms with van der Waals surface area (Å²) in [7, 11) is 1.79. The van der Waals surface area contributed by atoms with Gasteiger partial charge in [-0.1, -0.05) is 20.8 Å². The van der Waals surface area contributed by atoms with E-state index in [1.807, 2.05) is 0 Å². The molecule has 0 bridgehead atoms. The predicted octanol–water partition coefficient (Wildman–Crippen LogP) is 1.73. The van der Waals surface area contributed by atoms with E-state index in [9.17, 15) is 0 Å². The number of hydrogen-bond acceptors (Lipinski definition) is 3. The van der Waals surface area contributed by atoms with Crippen LogP contribution in [0.1, 0.15) is 34.1 Å². The molecular weight excluding hydrogens is 200 g/mol. The fourth-order valence-corrected chi connectivity index (χ4v) is 2.28. The van der Waals surface area contributed by atoms with Crippen molar-refractivity contribution in [2.45, 2.75) is 46.2 Å². The van der Waals surface area contributed by atoms with Gasteiger partial charge in [0.05, 0.1) is 6.61 Å². The third kappa shape index (κ3) is 4.04. The minimum Gasteiger partial charge on any atom is -0.383 e. The van der Waals surface area contributed by atoms with E-state index in [2.05, 4.69) is 37.9 Å². The second kappa shape index (κ2) is 5.99. The SMILES string of the molecule is COCC(C)N1CCCNC(C(C)(C)C)C1. The molecule has 0 amide bonds. The fourth-order valence-electron chi connectivity index (χ4n) is 2.28. The molecule has 1 saturated heterocycles. The average molecular weight is 228 g/mol. The van der Waals surface area contributed by atoms with Gasteiger partial charge < -0.3 is 10.1 Å². The van der Waals surface area contributed by atoms with E-state index in [-0.39, 0.29) is 0 Å². The second-order valence-electron chi connectivity index (χ2n) is 6.03. The quantitative estimate of drug-likeness (QED) is 0.796. The molecule has 3 nitrogen and oxygen atoms in total. The first-order valence-corrected chi connectivity index (χ1v) is 6.41. The molecule has 1 aliphatic heterocycles. The Labute approximate surface area is 101 Å². The van der Waals surface area contributed by atoms with Crippen LogP contribution in [0.4, 0.5) is 0 Å². The maximum absolute atomic E-state index is 5.26. The summed E-state index contributed by atoms with van der Waals surface area (Å²) in [6.45, 7) is 13.5. The number of nitrogens with one attached hydrogen (secondary N) is 1. The molecule has 1 aliphatic rings. The largest absolute Gasteiger partial charge is 0.383 e. The third-order valence-corrected chi connectivity index (χ3v) is 3.51. The minimum absolute atomic E-state index is 0.329. The van der Waals surface area contributed by atoms with Gasteiger partial charge in [0.15, 0.2) is 0 Å². The van der Waals surface area contributed by atoms with Crippen LogP contribution in [0, 0.1) is 5.41 Å². The monoisotopic (exact) mass is 228 g/mol. The first-order valence-electron chi connectivity index (χ1n) is 6.41. The van der Waals surface area contributed by atoms with Crippen LogP contribution in [0.3, 0.4) is 0 Å². The van der Waals surface area contributed by atoms with Gasteiger partial charge in [-0.15, -0.1) is 0 Å². The number of nitrogens with zero attached hydrogens (tertiary/aromatic N) is 1. The van der Waals surface area contributed by atoms with Crippen LogP contribution in [0.5, 0.6) is 0 Å². The first kappa shape index (κ1) is 13.9. The summed E-state index contributed by atoms with van der Waals surface area (Å²) in [6.07, 6.45) is 1.24. The van der Waals surface area contributed by atoms with Gasteiger partial charge in [-0.2, -0.15) is 0 Å². The van der Waals surface area contributed by atoms with E-state index in [1.165, 1.54) is 13.0 Å². The third-order valence-electron chi connectivity index (χ3n) is 3.51. The molecule has 0 aliphatic carbocycles. The highest BCUT2D eigenvalue weighted by Gasteiger charge is 2.29. The van der Waals surface area contributed by atoms with E-state index in [4.69, 9.17) is 4.74 Å². The van der Waals surface area contributed by atoms with E-state index in [0.29, 0.717) is 17.5 Å². The van der Waals surface area contributed by atoms with Crippen LogP contribution in [0.25, 0.3) is 0 Å². The fraction of sp³-hybridized carbons (Fsp3) is 1.00. The average Bonchev–Trinajstić information content (AvgIpc) is 2.42. The van der Waals surface area contributed by atoms with Crippen molar-refractivity contribution < 1.29 is 4.74 Å². The van der Waals surface area contributed by atoms with Crippen molar-refractivity contribution in [3.8, 4) is 0 Å². The molecule has 0 radical (unpaired) electrons. The highest BCUT2D eigenvalue weighted by molar-refractivity contribution is 4.87. The van der Waals surface area contributed by atoms with Gasteiger partial charge in [-0.3, -0.25) is 4.90 Å². The molecule has 0 aromatic heterocycles. The van der Waals surface area contributed by atoms with E-state index in [0.717, 1.165) is 19.7 Å². The molecule has 0 aromatic carbocycles. The van der Waals surface area contributed by atoms with Gasteiger partial charge >= 0.3 is 0 Å². The lowest BCUT2D eigenvalue weighted by atomic mass is 9.86. The predicted molar refractivity (Wildman–Crippen MR) is 68.8 cm³/mol. The zero-order valence-corrected chi connectivity index (χ0v) is 11.5. The van der Waals surface area contributed by atoms with Crippen molar-refractivity contribution in [2.24, 2.45) is 5.41 Å². The molecule has 96 valence electrons. The summed E-state index contributed by atoms with van der Waals surface area (Å²) in [4.78, 5) is 2.55. The topological polar surface area (TPSA) is 24.5 Å². The van der Waals surface area contributed by atoms with Crippen molar-refractivity contribution in [1.82, 2.24) is 10.2 Å². The maximum atomic E-state index is 5.26. The molecule has 0 spiro atoms. The smallest absolute Gasteiger partial charge is 0.0615 e. The van der Waals surface area contributed by atoms with Crippen LogP contribution in [0.2, 0.25) is 0 Å². The van der Waals surface area contributed by atoms with Crippen LogP contribution >= 0.6 is 0 Å². The summed E-state index contributed by atoms with van der Waals surface area (Å²) in [5.74, 6) is 0. The zero-order chi connectivity index (χ0) is 12.2. The number of rotatable bonds is 3. The summed E-state index contributed by atoms with van der Waals surface area (Å²) in [6, 6.07) is 1.10. The molecule has 1 fully saturated rings. The standard InChI is InChI=1S/C13H28N2O/c1-11(10-16-5)15-8-6-7-14-12(9-15)13(2,3)4/h11-12,14H,6-10H2,1-5H3. The molecule has 2 unspecified atom stereocenters. The molecule has 0 aromatic rings. The van der Waals surface area contributed by atoms with Gasteiger partial charge in [-0.25, -0.2) is 0 Å². The Kier molecular flexibility index (Phi) is 5.22. The van der Waals surface area contributed by atoms with Crippen LogP contribution < -0.4 is 5.32 Å². The summed E-state index contributed by atoms with van der Waals surface area (Å²) in [5, 5.41) is 3.67. The molecular formula is C13H28N2O. The molecule has 3 heteroatoms. The molecule has 16 heavy (non-hydrogen) atoms. The summed E-state index contributed by atoms with van der Waals surface area (Å²) in [5.41, 5.74) is 0.329. The minimum atomic E-state index is 0.329. The van der Waals surface area contributed by atoms with E-state index >= 15 is 0 Å². The Morgan fingerprint density at radius 2 is 2.12 bits per heavy atom. The zero-order valence-electron chi connectivity index (χ0n) is 11.5. The van der Waals surface area contributed by atoms with Gasteiger partial charge in [-0.05, 0) is 31.8 Å². The van der Waals surface area contributed by atoms with Gasteiger partial charge in [0.25, 0.3) is 0 Å². The Hall–Kier alpha value is -0.120. The van der Waals surface area contributed by atoms with Gasteiger partial charge in [0.1, 0.15) is 0 Å². The summed E-state index contributed by atoms with van der Waals surface area (Å²) < 4.78 is 5.26. The molecule has 1 rings (SSSR count). The number of ether oxygens (including phenoxy) is 1. The second-order valence-corrected chi connectivity index (χ2v) is 6.03. The van der Waals surface area contributed by atoms with E-state index in [1.54, 1.807) is 7.11 Å². The number of hydrogen-bond donors (Lipinski definition) is 1. The molecule has 0 saturated carbocycles. The highest BCUT2D eigenvalue weighted by Crippen LogP contribution is 2.22. The Morgan fingerprint density at radius 1 is 1.44 bits per heavy atom. The maximum Gasteiger partial charge on any atom is 0.0615 e. The van der Waals surface area contributed by atoms with Crippen LogP contribution in [-0.4, -0.2) is 50.3 Å². The van der Waals surface area contributed by atoms with Crippen molar-refractivity contribution in [3.05, 3.63) is 0 Å². The van der Waals surface area contributed by atoms with Gasteiger partial charge in [0, 0.05) is 25.7 Å². The highest BCUT2D eigenvalue weighted by atomic mass is 16.5. The van der Waals surface area contributed by atoms with E-state index < -0.39 is 0 Å². The molecule has 2 atom stereocenters. The molecule has 1 N–H and O–H groups in total. The molecule has 1 heterocycles. The Balaban J connectivity index is 2.58. The number of methoxy groups -OCH3 is 1. The van der Waals surface area contributed by atoms with Crippen molar-refractivity contribution in [3.63, 3.8) is 0 Å². The van der Waals surface area contributed by atoms with Crippen molar-refractivity contribution >= 4 is 0 Å². The van der Waals surface area contributed by atoms with Crippen LogP contribution in [-0.2, 0) is 4.74 Å². The van der Waals surface area contributed by atoms with Crippen molar-refractivity contribution in [1.29, 1.82) is 0 Å². The van der Waals surface area contributed by atoms with Crippen LogP contribution in [0.15, 0.2) is 0 Å². The lowest BCUT2D eigenvalue weighted by molar-refractivity contribution is 0.0873. The lowest BCUT2D eigenvalue weighted by Crippen LogP contribution is -2.49.